The van der Waals surface area contributed by atoms with Gasteiger partial charge in [-0.3, -0.25) is 9.69 Å². The standard InChI is InChI=1S/C16H25N3O2/c1-18-16(20)13-7-9-19(10-8-13)15(11-17)12-3-5-14(21-2)6-4-12/h3-6,13,15H,7-11,17H2,1-2H3,(H,18,20). The maximum absolute atomic E-state index is 11.7. The molecule has 1 saturated heterocycles. The van der Waals surface area contributed by atoms with Crippen LogP contribution >= 0.6 is 0 Å². The van der Waals surface area contributed by atoms with Crippen LogP contribution in [0.4, 0.5) is 0 Å². The van der Waals surface area contributed by atoms with Crippen LogP contribution in [0.25, 0.3) is 0 Å². The highest BCUT2D eigenvalue weighted by Crippen LogP contribution is 2.27. The maximum Gasteiger partial charge on any atom is 0.222 e. The molecule has 0 radical (unpaired) electrons. The first-order valence-electron chi connectivity index (χ1n) is 7.49. The summed E-state index contributed by atoms with van der Waals surface area (Å²) in [7, 11) is 3.37. The number of carbonyl (C=O) groups is 1. The highest BCUT2D eigenvalue weighted by molar-refractivity contribution is 5.78. The molecule has 3 N–H and O–H groups in total. The molecule has 5 nitrogen and oxygen atoms in total. The zero-order valence-electron chi connectivity index (χ0n) is 12.8. The average Bonchev–Trinajstić information content (AvgIpc) is 2.56. The third-order valence-corrected chi connectivity index (χ3v) is 4.31. The van der Waals surface area contributed by atoms with Gasteiger partial charge in [0.05, 0.1) is 7.11 Å². The van der Waals surface area contributed by atoms with Crippen LogP contribution in [0.15, 0.2) is 24.3 Å². The van der Waals surface area contributed by atoms with E-state index in [2.05, 4.69) is 22.3 Å². The Bertz CT molecular complexity index is 453. The molecule has 1 aromatic rings. The molecule has 5 heteroatoms. The molecular weight excluding hydrogens is 266 g/mol. The lowest BCUT2D eigenvalue weighted by atomic mass is 9.93. The van der Waals surface area contributed by atoms with E-state index in [0.717, 1.165) is 31.7 Å². The van der Waals surface area contributed by atoms with Gasteiger partial charge in [0.2, 0.25) is 5.91 Å². The molecule has 1 aliphatic heterocycles. The van der Waals surface area contributed by atoms with E-state index in [1.54, 1.807) is 14.2 Å². The predicted octanol–water partition coefficient (Wildman–Crippen LogP) is 1.15. The number of hydrogen-bond acceptors (Lipinski definition) is 4. The van der Waals surface area contributed by atoms with Crippen molar-refractivity contribution in [3.8, 4) is 5.75 Å². The summed E-state index contributed by atoms with van der Waals surface area (Å²) in [6.07, 6.45) is 1.79. The Hall–Kier alpha value is -1.59. The van der Waals surface area contributed by atoms with Crippen molar-refractivity contribution in [1.29, 1.82) is 0 Å². The van der Waals surface area contributed by atoms with Gasteiger partial charge in [-0.1, -0.05) is 12.1 Å². The van der Waals surface area contributed by atoms with Gasteiger partial charge < -0.3 is 15.8 Å². The molecule has 1 aromatic carbocycles. The lowest BCUT2D eigenvalue weighted by Gasteiger charge is -2.36. The molecule has 21 heavy (non-hydrogen) atoms. The van der Waals surface area contributed by atoms with Gasteiger partial charge in [-0.05, 0) is 43.6 Å². The molecule has 0 spiro atoms. The third kappa shape index (κ3) is 3.74. The molecule has 0 aliphatic carbocycles. The van der Waals surface area contributed by atoms with Gasteiger partial charge in [-0.25, -0.2) is 0 Å². The summed E-state index contributed by atoms with van der Waals surface area (Å²) in [5, 5.41) is 2.74. The molecule has 2 rings (SSSR count). The number of methoxy groups -OCH3 is 1. The number of nitrogens with two attached hydrogens (primary N) is 1. The summed E-state index contributed by atoms with van der Waals surface area (Å²) in [6, 6.07) is 8.29. The summed E-state index contributed by atoms with van der Waals surface area (Å²) in [4.78, 5) is 14.1. The van der Waals surface area contributed by atoms with Gasteiger partial charge in [0.15, 0.2) is 0 Å². The van der Waals surface area contributed by atoms with Crippen molar-refractivity contribution in [2.45, 2.75) is 18.9 Å². The Balaban J connectivity index is 2.00. The van der Waals surface area contributed by atoms with Crippen molar-refractivity contribution < 1.29 is 9.53 Å². The van der Waals surface area contributed by atoms with Crippen LogP contribution in [0, 0.1) is 5.92 Å². The van der Waals surface area contributed by atoms with E-state index in [1.165, 1.54) is 5.56 Å². The maximum atomic E-state index is 11.7. The molecule has 0 saturated carbocycles. The van der Waals surface area contributed by atoms with E-state index < -0.39 is 0 Å². The monoisotopic (exact) mass is 291 g/mol. The average molecular weight is 291 g/mol. The summed E-state index contributed by atoms with van der Waals surface area (Å²) in [5.74, 6) is 1.15. The Kier molecular flexibility index (Phi) is 5.59. The van der Waals surface area contributed by atoms with Crippen LogP contribution in [0.5, 0.6) is 5.75 Å². The number of piperidine rings is 1. The van der Waals surface area contributed by atoms with Crippen LogP contribution in [0.2, 0.25) is 0 Å². The van der Waals surface area contributed by atoms with E-state index in [1.807, 2.05) is 12.1 Å². The molecule has 116 valence electrons. The minimum atomic E-state index is 0.139. The molecule has 1 atom stereocenters. The zero-order valence-corrected chi connectivity index (χ0v) is 12.8. The number of carbonyl (C=O) groups excluding carboxylic acids is 1. The van der Waals surface area contributed by atoms with Crippen LogP contribution in [-0.4, -0.2) is 44.6 Å². The molecule has 0 bridgehead atoms. The van der Waals surface area contributed by atoms with E-state index >= 15 is 0 Å². The number of nitrogens with one attached hydrogen (secondary N) is 1. The second-order valence-electron chi connectivity index (χ2n) is 5.45. The van der Waals surface area contributed by atoms with Crippen LogP contribution in [0.3, 0.4) is 0 Å². The van der Waals surface area contributed by atoms with Gasteiger partial charge in [-0.15, -0.1) is 0 Å². The van der Waals surface area contributed by atoms with Crippen molar-refractivity contribution >= 4 is 5.91 Å². The SMILES string of the molecule is CNC(=O)C1CCN(C(CN)c2ccc(OC)cc2)CC1. The Labute approximate surface area is 126 Å². The summed E-state index contributed by atoms with van der Waals surface area (Å²) in [5.41, 5.74) is 7.18. The van der Waals surface area contributed by atoms with Gasteiger partial charge in [-0.2, -0.15) is 0 Å². The highest BCUT2D eigenvalue weighted by atomic mass is 16.5. The molecular formula is C16H25N3O2. The number of likely N-dealkylation sites (tertiary alicyclic amines) is 1. The number of nitrogens with zero attached hydrogens (tertiary/aromatic N) is 1. The summed E-state index contributed by atoms with van der Waals surface area (Å²) >= 11 is 0. The van der Waals surface area contributed by atoms with Crippen molar-refractivity contribution in [2.24, 2.45) is 11.7 Å². The van der Waals surface area contributed by atoms with Crippen molar-refractivity contribution in [2.75, 3.05) is 33.8 Å². The van der Waals surface area contributed by atoms with Crippen LogP contribution in [0.1, 0.15) is 24.4 Å². The lowest BCUT2D eigenvalue weighted by Crippen LogP contribution is -2.43. The first-order valence-corrected chi connectivity index (χ1v) is 7.49. The Morgan fingerprint density at radius 2 is 2.00 bits per heavy atom. The Morgan fingerprint density at radius 1 is 1.38 bits per heavy atom. The predicted molar refractivity (Wildman–Crippen MR) is 83.2 cm³/mol. The molecule has 0 aromatic heterocycles. The first kappa shape index (κ1) is 15.8. The fourth-order valence-electron chi connectivity index (χ4n) is 3.00. The van der Waals surface area contributed by atoms with Gasteiger partial charge in [0, 0.05) is 25.6 Å². The first-order chi connectivity index (χ1) is 10.2. The van der Waals surface area contributed by atoms with E-state index in [9.17, 15) is 4.79 Å². The third-order valence-electron chi connectivity index (χ3n) is 4.31. The highest BCUT2D eigenvalue weighted by Gasteiger charge is 2.28. The van der Waals surface area contributed by atoms with Crippen molar-refractivity contribution in [3.05, 3.63) is 29.8 Å². The molecule has 1 fully saturated rings. The minimum absolute atomic E-state index is 0.139. The molecule has 1 amide bonds. The topological polar surface area (TPSA) is 67.6 Å². The fourth-order valence-corrected chi connectivity index (χ4v) is 3.00. The van der Waals surface area contributed by atoms with E-state index in [0.29, 0.717) is 6.54 Å². The number of rotatable bonds is 5. The van der Waals surface area contributed by atoms with E-state index in [4.69, 9.17) is 10.5 Å². The second kappa shape index (κ2) is 7.43. The lowest BCUT2D eigenvalue weighted by molar-refractivity contribution is -0.126. The van der Waals surface area contributed by atoms with Gasteiger partial charge in [0.1, 0.15) is 5.75 Å². The van der Waals surface area contributed by atoms with Crippen molar-refractivity contribution in [3.63, 3.8) is 0 Å². The van der Waals surface area contributed by atoms with Gasteiger partial charge in [0.25, 0.3) is 0 Å². The number of hydrogen-bond donors (Lipinski definition) is 2. The number of ether oxygens (including phenoxy) is 1. The number of amides is 1. The van der Waals surface area contributed by atoms with Crippen LogP contribution < -0.4 is 15.8 Å². The molecule has 1 heterocycles. The summed E-state index contributed by atoms with van der Waals surface area (Å²) in [6.45, 7) is 2.40. The normalized spacial score (nSPS) is 18.2. The zero-order chi connectivity index (χ0) is 15.2. The quantitative estimate of drug-likeness (QED) is 0.854. The second-order valence-corrected chi connectivity index (χ2v) is 5.45. The van der Waals surface area contributed by atoms with E-state index in [-0.39, 0.29) is 17.9 Å². The fraction of sp³-hybridized carbons (Fsp3) is 0.562. The van der Waals surface area contributed by atoms with Crippen LogP contribution in [-0.2, 0) is 4.79 Å². The number of benzene rings is 1. The molecule has 1 unspecified atom stereocenters. The summed E-state index contributed by atoms with van der Waals surface area (Å²) < 4.78 is 5.19. The van der Waals surface area contributed by atoms with Crippen molar-refractivity contribution in [1.82, 2.24) is 10.2 Å². The smallest absolute Gasteiger partial charge is 0.222 e. The molecule has 1 aliphatic rings. The van der Waals surface area contributed by atoms with Gasteiger partial charge >= 0.3 is 0 Å². The minimum Gasteiger partial charge on any atom is -0.497 e. The Morgan fingerprint density at radius 3 is 2.48 bits per heavy atom. The largest absolute Gasteiger partial charge is 0.497 e.